The number of ketones is 1. The van der Waals surface area contributed by atoms with Crippen LogP contribution in [-0.4, -0.2) is 17.1 Å². The fourth-order valence-corrected chi connectivity index (χ4v) is 6.56. The smallest absolute Gasteiger partial charge is 0.136 e. The third-order valence-electron chi connectivity index (χ3n) is 7.47. The molecule has 4 aliphatic carbocycles. The molecule has 22 heavy (non-hydrogen) atoms. The van der Waals surface area contributed by atoms with Gasteiger partial charge in [-0.1, -0.05) is 30.7 Å². The lowest BCUT2D eigenvalue weighted by molar-refractivity contribution is -0.291. The van der Waals surface area contributed by atoms with Crippen LogP contribution in [0.1, 0.15) is 46.0 Å². The van der Waals surface area contributed by atoms with Gasteiger partial charge in [-0.15, -0.1) is 0 Å². The second-order valence-electron chi connectivity index (χ2n) is 8.13. The summed E-state index contributed by atoms with van der Waals surface area (Å²) in [4.78, 5) is 17.0. The van der Waals surface area contributed by atoms with Crippen LogP contribution in [0.15, 0.2) is 23.8 Å². The topological polar surface area (TPSA) is 46.5 Å². The molecular weight excluding hydrogens is 276 g/mol. The van der Waals surface area contributed by atoms with E-state index in [0.717, 1.165) is 6.42 Å². The SMILES string of the molecule is C=C1CC23CC1CCC2C1=CCC(OO)[C@@H](C(C)=O)C1C3C. The van der Waals surface area contributed by atoms with Crippen LogP contribution in [0.25, 0.3) is 0 Å². The lowest BCUT2D eigenvalue weighted by Crippen LogP contribution is -2.40. The predicted molar refractivity (Wildman–Crippen MR) is 84.0 cm³/mol. The lowest BCUT2D eigenvalue weighted by atomic mass is 9.65. The maximum absolute atomic E-state index is 12.3. The Hall–Kier alpha value is -0.930. The molecule has 0 radical (unpaired) electrons. The summed E-state index contributed by atoms with van der Waals surface area (Å²) in [5, 5.41) is 9.25. The fourth-order valence-electron chi connectivity index (χ4n) is 6.56. The molecule has 0 heterocycles. The molecule has 3 nitrogen and oxygen atoms in total. The van der Waals surface area contributed by atoms with Gasteiger partial charge in [0.1, 0.15) is 11.9 Å². The number of hydrogen-bond acceptors (Lipinski definition) is 3. The Labute approximate surface area is 132 Å². The molecule has 0 aliphatic heterocycles. The first kappa shape index (κ1) is 14.6. The van der Waals surface area contributed by atoms with Crippen molar-refractivity contribution in [3.8, 4) is 0 Å². The highest BCUT2D eigenvalue weighted by Crippen LogP contribution is 2.70. The average Bonchev–Trinajstić information content (AvgIpc) is 2.90. The van der Waals surface area contributed by atoms with Gasteiger partial charge in [0.2, 0.25) is 0 Å². The predicted octanol–water partition coefficient (Wildman–Crippen LogP) is 4.01. The molecule has 6 unspecified atom stereocenters. The molecule has 3 saturated carbocycles. The van der Waals surface area contributed by atoms with Crippen LogP contribution < -0.4 is 0 Å². The number of carbonyl (C=O) groups excluding carboxylic acids is 1. The monoisotopic (exact) mass is 302 g/mol. The number of carbonyl (C=O) groups is 1. The van der Waals surface area contributed by atoms with Gasteiger partial charge in [0.15, 0.2) is 0 Å². The third kappa shape index (κ3) is 1.67. The summed E-state index contributed by atoms with van der Waals surface area (Å²) >= 11 is 0. The van der Waals surface area contributed by atoms with Gasteiger partial charge in [-0.05, 0) is 68.1 Å². The third-order valence-corrected chi connectivity index (χ3v) is 7.47. The summed E-state index contributed by atoms with van der Waals surface area (Å²) in [6.45, 7) is 8.32. The van der Waals surface area contributed by atoms with Crippen LogP contribution in [0.4, 0.5) is 0 Å². The molecular formula is C19H26O3. The van der Waals surface area contributed by atoms with Gasteiger partial charge in [-0.3, -0.25) is 10.1 Å². The van der Waals surface area contributed by atoms with Crippen molar-refractivity contribution < 1.29 is 14.9 Å². The molecule has 4 aliphatic rings. The van der Waals surface area contributed by atoms with Crippen molar-refractivity contribution in [1.82, 2.24) is 0 Å². The highest BCUT2D eigenvalue weighted by atomic mass is 17.1. The lowest BCUT2D eigenvalue weighted by Gasteiger charge is -2.39. The Morgan fingerprint density at radius 2 is 2.23 bits per heavy atom. The molecule has 0 saturated heterocycles. The van der Waals surface area contributed by atoms with Crippen molar-refractivity contribution in [3.63, 3.8) is 0 Å². The molecule has 120 valence electrons. The normalized spacial score (nSPS) is 49.6. The minimum Gasteiger partial charge on any atom is -0.300 e. The van der Waals surface area contributed by atoms with E-state index in [2.05, 4.69) is 19.6 Å². The first-order chi connectivity index (χ1) is 10.5. The molecule has 0 aromatic heterocycles. The first-order valence-corrected chi connectivity index (χ1v) is 8.68. The second kappa shape index (κ2) is 4.78. The largest absolute Gasteiger partial charge is 0.300 e. The van der Waals surface area contributed by atoms with E-state index >= 15 is 0 Å². The Kier molecular flexibility index (Phi) is 3.18. The van der Waals surface area contributed by atoms with Crippen LogP contribution in [0.2, 0.25) is 0 Å². The van der Waals surface area contributed by atoms with Crippen molar-refractivity contribution in [2.45, 2.75) is 52.1 Å². The maximum atomic E-state index is 12.3. The Morgan fingerprint density at radius 1 is 1.45 bits per heavy atom. The van der Waals surface area contributed by atoms with Gasteiger partial charge in [-0.25, -0.2) is 4.89 Å². The molecule has 3 fully saturated rings. The van der Waals surface area contributed by atoms with Crippen molar-refractivity contribution in [3.05, 3.63) is 23.8 Å². The highest BCUT2D eigenvalue weighted by Gasteiger charge is 2.63. The molecule has 0 amide bonds. The first-order valence-electron chi connectivity index (χ1n) is 8.68. The zero-order valence-electron chi connectivity index (χ0n) is 13.5. The minimum atomic E-state index is -0.370. The van der Waals surface area contributed by atoms with E-state index in [1.807, 2.05) is 0 Å². The standard InChI is InChI=1S/C19H26O3/c1-10-8-19-9-13(10)4-6-15(19)14-5-7-16(22-21)18(12(3)20)17(14)11(19)2/h5,11,13,15-18,21H,1,4,6-9H2,2-3H3/t11?,13?,15?,16?,17?,18-,19?/m1/s1. The average molecular weight is 302 g/mol. The molecule has 1 spiro atoms. The molecule has 2 bridgehead atoms. The Morgan fingerprint density at radius 3 is 2.91 bits per heavy atom. The van der Waals surface area contributed by atoms with Crippen LogP contribution in [0.3, 0.4) is 0 Å². The number of hydrogen-bond donors (Lipinski definition) is 1. The zero-order valence-corrected chi connectivity index (χ0v) is 13.5. The minimum absolute atomic E-state index is 0.157. The van der Waals surface area contributed by atoms with Crippen LogP contribution in [0.5, 0.6) is 0 Å². The van der Waals surface area contributed by atoms with Gasteiger partial charge in [0, 0.05) is 0 Å². The van der Waals surface area contributed by atoms with E-state index < -0.39 is 0 Å². The molecule has 0 aromatic rings. The van der Waals surface area contributed by atoms with Gasteiger partial charge in [0.05, 0.1) is 5.92 Å². The van der Waals surface area contributed by atoms with Gasteiger partial charge < -0.3 is 0 Å². The van der Waals surface area contributed by atoms with Crippen LogP contribution in [0, 0.1) is 35.0 Å². The summed E-state index contributed by atoms with van der Waals surface area (Å²) in [6, 6.07) is 0. The Balaban J connectivity index is 1.79. The van der Waals surface area contributed by atoms with E-state index in [0.29, 0.717) is 29.6 Å². The van der Waals surface area contributed by atoms with Gasteiger partial charge in [0.25, 0.3) is 0 Å². The fraction of sp³-hybridized carbons (Fsp3) is 0.737. The van der Waals surface area contributed by atoms with E-state index in [1.165, 1.54) is 30.4 Å². The van der Waals surface area contributed by atoms with E-state index in [9.17, 15) is 10.1 Å². The quantitative estimate of drug-likeness (QED) is 0.476. The van der Waals surface area contributed by atoms with Gasteiger partial charge >= 0.3 is 0 Å². The van der Waals surface area contributed by atoms with Crippen molar-refractivity contribution in [2.75, 3.05) is 0 Å². The number of rotatable bonds is 2. The summed E-state index contributed by atoms with van der Waals surface area (Å²) in [7, 11) is 0. The maximum Gasteiger partial charge on any atom is 0.136 e. The number of Topliss-reactive ketones (excluding diaryl/α,β-unsaturated/α-hetero) is 1. The van der Waals surface area contributed by atoms with Gasteiger partial charge in [-0.2, -0.15) is 0 Å². The molecule has 0 aromatic carbocycles. The van der Waals surface area contributed by atoms with Crippen molar-refractivity contribution in [2.24, 2.45) is 35.0 Å². The number of allylic oxidation sites excluding steroid dienone is 2. The Bertz CT molecular complexity index is 563. The van der Waals surface area contributed by atoms with Crippen molar-refractivity contribution in [1.29, 1.82) is 0 Å². The molecule has 1 N–H and O–H groups in total. The summed E-state index contributed by atoms with van der Waals surface area (Å²) in [5.74, 6) is 2.00. The second-order valence-corrected chi connectivity index (χ2v) is 8.13. The molecule has 7 atom stereocenters. The van der Waals surface area contributed by atoms with E-state index in [-0.39, 0.29) is 23.7 Å². The zero-order chi connectivity index (χ0) is 15.6. The molecule has 4 rings (SSSR count). The van der Waals surface area contributed by atoms with E-state index in [4.69, 9.17) is 4.89 Å². The summed E-state index contributed by atoms with van der Waals surface area (Å²) in [6.07, 6.45) is 7.45. The van der Waals surface area contributed by atoms with Crippen LogP contribution in [-0.2, 0) is 9.68 Å². The van der Waals surface area contributed by atoms with E-state index in [1.54, 1.807) is 6.92 Å². The van der Waals surface area contributed by atoms with Crippen molar-refractivity contribution >= 4 is 5.78 Å². The van der Waals surface area contributed by atoms with Crippen LogP contribution >= 0.6 is 0 Å². The summed E-state index contributed by atoms with van der Waals surface area (Å²) < 4.78 is 0. The molecule has 3 heteroatoms. The summed E-state index contributed by atoms with van der Waals surface area (Å²) in [5.41, 5.74) is 3.24. The number of fused-ring (bicyclic) bond motifs is 3. The highest BCUT2D eigenvalue weighted by molar-refractivity contribution is 5.80.